The van der Waals surface area contributed by atoms with Crippen LogP contribution in [0, 0.1) is 13.8 Å². The number of benzene rings is 2. The molecule has 0 aliphatic carbocycles. The first kappa shape index (κ1) is 24.7. The quantitative estimate of drug-likeness (QED) is 0.423. The van der Waals surface area contributed by atoms with Crippen LogP contribution in [-0.2, 0) is 11.8 Å². The second-order valence-electron chi connectivity index (χ2n) is 7.43. The first-order valence-corrected chi connectivity index (χ1v) is 11.6. The Balaban J connectivity index is 1.63. The summed E-state index contributed by atoms with van der Waals surface area (Å²) in [5.41, 5.74) is 2.44. The number of aromatic nitrogens is 3. The van der Waals surface area contributed by atoms with Crippen molar-refractivity contribution in [1.29, 1.82) is 0 Å². The van der Waals surface area contributed by atoms with E-state index in [1.54, 1.807) is 32.4 Å². The van der Waals surface area contributed by atoms with Gasteiger partial charge in [0.05, 0.1) is 25.7 Å². The number of halogens is 1. The van der Waals surface area contributed by atoms with Crippen molar-refractivity contribution >= 4 is 35.0 Å². The summed E-state index contributed by atoms with van der Waals surface area (Å²) in [6.45, 7) is 5.78. The zero-order valence-electron chi connectivity index (χ0n) is 19.4. The van der Waals surface area contributed by atoms with Gasteiger partial charge in [-0.05, 0) is 56.2 Å². The molecule has 0 spiro atoms. The molecule has 3 rings (SSSR count). The van der Waals surface area contributed by atoms with Gasteiger partial charge in [0.15, 0.2) is 17.1 Å². The van der Waals surface area contributed by atoms with Crippen molar-refractivity contribution in [2.45, 2.75) is 32.0 Å². The third-order valence-electron chi connectivity index (χ3n) is 4.97. The molecule has 1 N–H and O–H groups in total. The summed E-state index contributed by atoms with van der Waals surface area (Å²) in [5, 5.41) is 12.7. The van der Waals surface area contributed by atoms with Crippen LogP contribution in [0.15, 0.2) is 35.5 Å². The molecule has 1 aromatic heterocycles. The van der Waals surface area contributed by atoms with E-state index in [9.17, 15) is 4.79 Å². The fourth-order valence-electron chi connectivity index (χ4n) is 3.27. The van der Waals surface area contributed by atoms with E-state index in [4.69, 9.17) is 25.8 Å². The number of hydrogen-bond acceptors (Lipinski definition) is 7. The molecule has 0 fully saturated rings. The molecular weight excluding hydrogens is 464 g/mol. The SMILES string of the molecule is COc1ccc(OC)c(NC(=O)CSc2nnc(C(C)Oc3cc(C)c(Cl)c(C)c3)n2C)c1. The van der Waals surface area contributed by atoms with Crippen molar-refractivity contribution in [3.63, 3.8) is 0 Å². The van der Waals surface area contributed by atoms with Crippen molar-refractivity contribution in [3.05, 3.63) is 52.3 Å². The molecule has 0 saturated heterocycles. The number of nitrogens with one attached hydrogen (secondary N) is 1. The van der Waals surface area contributed by atoms with Crippen LogP contribution in [0.25, 0.3) is 0 Å². The number of aryl methyl sites for hydroxylation is 2. The average Bonchev–Trinajstić information content (AvgIpc) is 3.16. The van der Waals surface area contributed by atoms with Crippen molar-refractivity contribution in [2.24, 2.45) is 7.05 Å². The minimum atomic E-state index is -0.341. The van der Waals surface area contributed by atoms with E-state index in [0.717, 1.165) is 16.1 Å². The van der Waals surface area contributed by atoms with E-state index in [0.29, 0.717) is 33.9 Å². The van der Waals surface area contributed by atoms with E-state index in [1.807, 2.05) is 44.5 Å². The van der Waals surface area contributed by atoms with E-state index < -0.39 is 0 Å². The molecule has 0 bridgehead atoms. The highest BCUT2D eigenvalue weighted by Crippen LogP contribution is 2.31. The van der Waals surface area contributed by atoms with Crippen LogP contribution in [0.1, 0.15) is 30.0 Å². The summed E-state index contributed by atoms with van der Waals surface area (Å²) in [4.78, 5) is 12.5. The van der Waals surface area contributed by atoms with Crippen LogP contribution in [0.4, 0.5) is 5.69 Å². The molecule has 1 atom stereocenters. The first-order chi connectivity index (χ1) is 15.7. The number of carbonyl (C=O) groups excluding carboxylic acids is 1. The smallest absolute Gasteiger partial charge is 0.234 e. The monoisotopic (exact) mass is 490 g/mol. The molecular formula is C23H27ClN4O4S. The Bertz CT molecular complexity index is 1130. The number of methoxy groups -OCH3 is 2. The van der Waals surface area contributed by atoms with Gasteiger partial charge in [0.25, 0.3) is 0 Å². The fraction of sp³-hybridized carbons (Fsp3) is 0.348. The van der Waals surface area contributed by atoms with Crippen LogP contribution >= 0.6 is 23.4 Å². The van der Waals surface area contributed by atoms with Crippen molar-refractivity contribution < 1.29 is 19.0 Å². The summed E-state index contributed by atoms with van der Waals surface area (Å²) in [6, 6.07) is 9.01. The largest absolute Gasteiger partial charge is 0.497 e. The molecule has 8 nitrogen and oxygen atoms in total. The Morgan fingerprint density at radius 1 is 1.12 bits per heavy atom. The summed E-state index contributed by atoms with van der Waals surface area (Å²) in [5.74, 6) is 2.48. The number of hydrogen-bond donors (Lipinski definition) is 1. The lowest BCUT2D eigenvalue weighted by atomic mass is 10.1. The molecule has 1 heterocycles. The minimum Gasteiger partial charge on any atom is -0.497 e. The summed E-state index contributed by atoms with van der Waals surface area (Å²) in [7, 11) is 4.96. The van der Waals surface area contributed by atoms with E-state index in [-0.39, 0.29) is 17.8 Å². The summed E-state index contributed by atoms with van der Waals surface area (Å²) < 4.78 is 18.4. The highest BCUT2D eigenvalue weighted by molar-refractivity contribution is 7.99. The maximum atomic E-state index is 12.5. The number of amides is 1. The van der Waals surface area contributed by atoms with Crippen molar-refractivity contribution in [1.82, 2.24) is 14.8 Å². The van der Waals surface area contributed by atoms with Gasteiger partial charge in [0.1, 0.15) is 17.2 Å². The van der Waals surface area contributed by atoms with Crippen molar-refractivity contribution in [3.8, 4) is 17.2 Å². The highest BCUT2D eigenvalue weighted by Gasteiger charge is 2.19. The Morgan fingerprint density at radius 2 is 1.82 bits per heavy atom. The van der Waals surface area contributed by atoms with Gasteiger partial charge in [0.2, 0.25) is 5.91 Å². The number of thioether (sulfide) groups is 1. The molecule has 2 aromatic carbocycles. The zero-order valence-corrected chi connectivity index (χ0v) is 21.0. The molecule has 0 aliphatic rings. The molecule has 3 aromatic rings. The number of rotatable bonds is 9. The molecule has 176 valence electrons. The standard InChI is InChI=1S/C23H27ClN4O4S/c1-13-9-17(10-14(2)21(13)24)32-15(3)22-26-27-23(28(22)4)33-12-20(29)25-18-11-16(30-5)7-8-19(18)31-6/h7-11,15H,12H2,1-6H3,(H,25,29). The lowest BCUT2D eigenvalue weighted by Crippen LogP contribution is -2.15. The Labute approximate surface area is 202 Å². The van der Waals surface area contributed by atoms with Gasteiger partial charge in [-0.1, -0.05) is 23.4 Å². The summed E-state index contributed by atoms with van der Waals surface area (Å²) >= 11 is 7.53. The van der Waals surface area contributed by atoms with Crippen LogP contribution < -0.4 is 19.5 Å². The molecule has 10 heteroatoms. The average molecular weight is 491 g/mol. The normalized spacial score (nSPS) is 11.7. The minimum absolute atomic E-state index is 0.150. The topological polar surface area (TPSA) is 87.5 Å². The van der Waals surface area contributed by atoms with E-state index in [2.05, 4.69) is 15.5 Å². The van der Waals surface area contributed by atoms with E-state index >= 15 is 0 Å². The molecule has 0 saturated carbocycles. The highest BCUT2D eigenvalue weighted by atomic mass is 35.5. The van der Waals surface area contributed by atoms with E-state index in [1.165, 1.54) is 11.8 Å². The van der Waals surface area contributed by atoms with Crippen LogP contribution in [-0.4, -0.2) is 40.6 Å². The molecule has 1 amide bonds. The number of carbonyl (C=O) groups is 1. The first-order valence-electron chi connectivity index (χ1n) is 10.2. The van der Waals surface area contributed by atoms with Gasteiger partial charge in [-0.15, -0.1) is 10.2 Å². The van der Waals surface area contributed by atoms with Crippen LogP contribution in [0.5, 0.6) is 17.2 Å². The lowest BCUT2D eigenvalue weighted by molar-refractivity contribution is -0.113. The lowest BCUT2D eigenvalue weighted by Gasteiger charge is -2.16. The van der Waals surface area contributed by atoms with Gasteiger partial charge in [-0.2, -0.15) is 0 Å². The third kappa shape index (κ3) is 5.91. The second kappa shape index (κ2) is 10.8. The molecule has 1 unspecified atom stereocenters. The van der Waals surface area contributed by atoms with Gasteiger partial charge in [-0.3, -0.25) is 4.79 Å². The van der Waals surface area contributed by atoms with Gasteiger partial charge < -0.3 is 24.1 Å². The van der Waals surface area contributed by atoms with Gasteiger partial charge in [0, 0.05) is 18.1 Å². The van der Waals surface area contributed by atoms with Gasteiger partial charge >= 0.3 is 0 Å². The molecule has 33 heavy (non-hydrogen) atoms. The molecule has 0 aliphatic heterocycles. The maximum Gasteiger partial charge on any atom is 0.234 e. The van der Waals surface area contributed by atoms with Crippen LogP contribution in [0.2, 0.25) is 5.02 Å². The number of anilines is 1. The number of nitrogens with zero attached hydrogens (tertiary/aromatic N) is 3. The van der Waals surface area contributed by atoms with Crippen molar-refractivity contribution in [2.75, 3.05) is 25.3 Å². The maximum absolute atomic E-state index is 12.5. The van der Waals surface area contributed by atoms with Crippen LogP contribution in [0.3, 0.4) is 0 Å². The predicted octanol–water partition coefficient (Wildman–Crippen LogP) is 4.97. The zero-order chi connectivity index (χ0) is 24.1. The fourth-order valence-corrected chi connectivity index (χ4v) is 4.09. The Kier molecular flexibility index (Phi) is 8.10. The number of ether oxygens (including phenoxy) is 3. The predicted molar refractivity (Wildman–Crippen MR) is 130 cm³/mol. The second-order valence-corrected chi connectivity index (χ2v) is 8.75. The third-order valence-corrected chi connectivity index (χ3v) is 6.58. The van der Waals surface area contributed by atoms with Gasteiger partial charge in [-0.25, -0.2) is 0 Å². The summed E-state index contributed by atoms with van der Waals surface area (Å²) in [6.07, 6.45) is -0.341. The Hall–Kier alpha value is -2.91. The molecule has 0 radical (unpaired) electrons. The Morgan fingerprint density at radius 3 is 2.45 bits per heavy atom.